The first-order chi connectivity index (χ1) is 5.74. The van der Waals surface area contributed by atoms with Gasteiger partial charge >= 0.3 is 0 Å². The molecule has 6 nitrogen and oxygen atoms in total. The Kier molecular flexibility index (Phi) is 2.76. The lowest BCUT2D eigenvalue weighted by Crippen LogP contribution is -2.32. The molecule has 1 aromatic heterocycles. The number of aliphatic hydroxyl groups excluding tert-OH is 1. The van der Waals surface area contributed by atoms with E-state index in [2.05, 4.69) is 15.6 Å². The topological polar surface area (TPSA) is 80.0 Å². The average Bonchev–Trinajstić information content (AvgIpc) is 2.55. The van der Waals surface area contributed by atoms with Crippen LogP contribution in [0.2, 0.25) is 0 Å². The summed E-state index contributed by atoms with van der Waals surface area (Å²) in [5.41, 5.74) is 2.38. The van der Waals surface area contributed by atoms with Gasteiger partial charge in [-0.1, -0.05) is 6.92 Å². The molecule has 0 aromatic carbocycles. The summed E-state index contributed by atoms with van der Waals surface area (Å²) in [6, 6.07) is 0. The van der Waals surface area contributed by atoms with Crippen LogP contribution < -0.4 is 5.43 Å². The molecule has 0 aliphatic heterocycles. The van der Waals surface area contributed by atoms with Gasteiger partial charge in [0.1, 0.15) is 18.8 Å². The predicted molar refractivity (Wildman–Crippen MR) is 40.7 cm³/mol. The molecule has 1 atom stereocenters. The zero-order valence-corrected chi connectivity index (χ0v) is 6.64. The first-order valence-electron chi connectivity index (χ1n) is 3.57. The summed E-state index contributed by atoms with van der Waals surface area (Å²) in [4.78, 5) is 11.0. The van der Waals surface area contributed by atoms with Crippen molar-refractivity contribution in [2.75, 3.05) is 5.43 Å². The lowest BCUT2D eigenvalue weighted by Gasteiger charge is -2.07. The number of aliphatic hydroxyl groups is 1. The molecule has 0 bridgehead atoms. The zero-order valence-electron chi connectivity index (χ0n) is 6.64. The zero-order chi connectivity index (χ0) is 8.97. The van der Waals surface area contributed by atoms with Crippen molar-refractivity contribution in [3.63, 3.8) is 0 Å². The van der Waals surface area contributed by atoms with Gasteiger partial charge in [-0.3, -0.25) is 10.2 Å². The number of amides is 1. The number of carbonyl (C=O) groups is 1. The Balaban J connectivity index is 2.47. The summed E-state index contributed by atoms with van der Waals surface area (Å²) in [6.45, 7) is 1.72. The largest absolute Gasteiger partial charge is 0.383 e. The van der Waals surface area contributed by atoms with Gasteiger partial charge in [-0.05, 0) is 6.42 Å². The third-order valence-corrected chi connectivity index (χ3v) is 1.35. The quantitative estimate of drug-likeness (QED) is 0.617. The molecule has 0 fully saturated rings. The van der Waals surface area contributed by atoms with Crippen LogP contribution in [0.25, 0.3) is 0 Å². The minimum atomic E-state index is -0.979. The van der Waals surface area contributed by atoms with Crippen LogP contribution in [0.5, 0.6) is 0 Å². The summed E-state index contributed by atoms with van der Waals surface area (Å²) >= 11 is 0. The van der Waals surface area contributed by atoms with Gasteiger partial charge in [0, 0.05) is 0 Å². The maximum absolute atomic E-state index is 11.0. The van der Waals surface area contributed by atoms with Gasteiger partial charge in [0.15, 0.2) is 0 Å². The Labute approximate surface area is 69.2 Å². The minimum absolute atomic E-state index is 0.383. The molecule has 0 spiro atoms. The molecular weight excluding hydrogens is 160 g/mol. The van der Waals surface area contributed by atoms with Crippen LogP contribution in [-0.2, 0) is 4.79 Å². The molecule has 0 aliphatic carbocycles. The van der Waals surface area contributed by atoms with Gasteiger partial charge in [0.2, 0.25) is 0 Å². The second kappa shape index (κ2) is 3.82. The molecule has 1 unspecified atom stereocenters. The Bertz CT molecular complexity index is 246. The second-order valence-corrected chi connectivity index (χ2v) is 2.27. The molecule has 2 N–H and O–H groups in total. The molecule has 1 aromatic rings. The van der Waals surface area contributed by atoms with Crippen molar-refractivity contribution in [3.05, 3.63) is 12.7 Å². The highest BCUT2D eigenvalue weighted by Crippen LogP contribution is 1.90. The number of aromatic nitrogens is 3. The van der Waals surface area contributed by atoms with Crippen molar-refractivity contribution in [1.82, 2.24) is 14.9 Å². The summed E-state index contributed by atoms with van der Waals surface area (Å²) in [7, 11) is 0. The van der Waals surface area contributed by atoms with E-state index in [0.29, 0.717) is 6.42 Å². The van der Waals surface area contributed by atoms with Crippen LogP contribution in [0.3, 0.4) is 0 Å². The lowest BCUT2D eigenvalue weighted by atomic mass is 10.3. The molecule has 6 heteroatoms. The lowest BCUT2D eigenvalue weighted by molar-refractivity contribution is -0.125. The van der Waals surface area contributed by atoms with Crippen LogP contribution >= 0.6 is 0 Å². The number of nitrogens with zero attached hydrogens (tertiary/aromatic N) is 3. The first-order valence-corrected chi connectivity index (χ1v) is 3.57. The van der Waals surface area contributed by atoms with E-state index in [1.165, 1.54) is 17.3 Å². The number of nitrogens with one attached hydrogen (secondary N) is 1. The molecule has 0 saturated carbocycles. The number of hydrogen-bond donors (Lipinski definition) is 2. The van der Waals surface area contributed by atoms with Gasteiger partial charge in [-0.25, -0.2) is 4.68 Å². The van der Waals surface area contributed by atoms with Crippen LogP contribution in [0, 0.1) is 0 Å². The average molecular weight is 170 g/mol. The normalized spacial score (nSPS) is 12.5. The third-order valence-electron chi connectivity index (χ3n) is 1.35. The summed E-state index contributed by atoms with van der Waals surface area (Å²) in [6.07, 6.45) is 2.07. The fourth-order valence-electron chi connectivity index (χ4n) is 0.646. The standard InChI is InChI=1S/C6H10N4O2/c1-2-5(11)6(12)9-10-3-7-8-4-10/h3-5,11H,2H2,1H3,(H,9,12). The van der Waals surface area contributed by atoms with Gasteiger partial charge in [-0.15, -0.1) is 10.2 Å². The SMILES string of the molecule is CCC(O)C(=O)Nn1cnnc1. The van der Waals surface area contributed by atoms with Crippen LogP contribution in [0.1, 0.15) is 13.3 Å². The second-order valence-electron chi connectivity index (χ2n) is 2.27. The number of carbonyl (C=O) groups excluding carboxylic acids is 1. The highest BCUT2D eigenvalue weighted by atomic mass is 16.3. The van der Waals surface area contributed by atoms with E-state index in [1.54, 1.807) is 6.92 Å². The summed E-state index contributed by atoms with van der Waals surface area (Å²) in [5, 5.41) is 16.0. The Hall–Kier alpha value is -1.43. The smallest absolute Gasteiger partial charge is 0.267 e. The Morgan fingerprint density at radius 2 is 2.25 bits per heavy atom. The molecule has 1 heterocycles. The van der Waals surface area contributed by atoms with Gasteiger partial charge in [0.25, 0.3) is 5.91 Å². The molecule has 12 heavy (non-hydrogen) atoms. The summed E-state index contributed by atoms with van der Waals surface area (Å²) in [5.74, 6) is -0.461. The highest BCUT2D eigenvalue weighted by molar-refractivity contribution is 5.87. The van der Waals surface area contributed by atoms with Crippen LogP contribution in [0.4, 0.5) is 0 Å². The molecule has 0 radical (unpaired) electrons. The maximum Gasteiger partial charge on any atom is 0.267 e. The summed E-state index contributed by atoms with van der Waals surface area (Å²) < 4.78 is 1.28. The third kappa shape index (κ3) is 2.03. The molecular formula is C6H10N4O2. The molecule has 0 aliphatic rings. The van der Waals surface area contributed by atoms with Crippen molar-refractivity contribution in [2.45, 2.75) is 19.4 Å². The van der Waals surface area contributed by atoms with E-state index in [4.69, 9.17) is 5.11 Å². The van der Waals surface area contributed by atoms with Gasteiger partial charge < -0.3 is 5.11 Å². The van der Waals surface area contributed by atoms with E-state index in [-0.39, 0.29) is 0 Å². The minimum Gasteiger partial charge on any atom is -0.383 e. The van der Waals surface area contributed by atoms with E-state index < -0.39 is 12.0 Å². The van der Waals surface area contributed by atoms with E-state index in [9.17, 15) is 4.79 Å². The van der Waals surface area contributed by atoms with Crippen molar-refractivity contribution in [1.29, 1.82) is 0 Å². The number of hydrogen-bond acceptors (Lipinski definition) is 4. The maximum atomic E-state index is 11.0. The predicted octanol–water partition coefficient (Wildman–Crippen LogP) is -0.881. The highest BCUT2D eigenvalue weighted by Gasteiger charge is 2.11. The Morgan fingerprint density at radius 3 is 2.75 bits per heavy atom. The van der Waals surface area contributed by atoms with E-state index in [0.717, 1.165) is 0 Å². The van der Waals surface area contributed by atoms with E-state index in [1.807, 2.05) is 0 Å². The molecule has 0 saturated heterocycles. The monoisotopic (exact) mass is 170 g/mol. The van der Waals surface area contributed by atoms with Crippen molar-refractivity contribution >= 4 is 5.91 Å². The number of rotatable bonds is 3. The molecule has 1 amide bonds. The van der Waals surface area contributed by atoms with Crippen molar-refractivity contribution < 1.29 is 9.90 Å². The van der Waals surface area contributed by atoms with Crippen LogP contribution in [-0.4, -0.2) is 32.0 Å². The fraction of sp³-hybridized carbons (Fsp3) is 0.500. The molecule has 1 rings (SSSR count). The van der Waals surface area contributed by atoms with Crippen molar-refractivity contribution in [2.24, 2.45) is 0 Å². The van der Waals surface area contributed by atoms with Gasteiger partial charge in [-0.2, -0.15) is 0 Å². The van der Waals surface area contributed by atoms with E-state index >= 15 is 0 Å². The first kappa shape index (κ1) is 8.66. The van der Waals surface area contributed by atoms with Gasteiger partial charge in [0.05, 0.1) is 0 Å². The fourth-order valence-corrected chi connectivity index (χ4v) is 0.646. The van der Waals surface area contributed by atoms with Crippen molar-refractivity contribution in [3.8, 4) is 0 Å². The Morgan fingerprint density at radius 1 is 1.67 bits per heavy atom. The molecule has 66 valence electrons. The van der Waals surface area contributed by atoms with Crippen LogP contribution in [0.15, 0.2) is 12.7 Å².